The highest BCUT2D eigenvalue weighted by Gasteiger charge is 2.31. The minimum absolute atomic E-state index is 0.0817. The summed E-state index contributed by atoms with van der Waals surface area (Å²) in [7, 11) is -3.81. The number of aryl methyl sites for hydroxylation is 1. The van der Waals surface area contributed by atoms with Crippen molar-refractivity contribution in [3.63, 3.8) is 0 Å². The van der Waals surface area contributed by atoms with E-state index in [1.54, 1.807) is 17.0 Å². The van der Waals surface area contributed by atoms with E-state index < -0.39 is 15.9 Å². The number of hydrogen-bond acceptors (Lipinski definition) is 6. The summed E-state index contributed by atoms with van der Waals surface area (Å²) < 4.78 is 24.9. The number of thiocarbonyl (C=S) groups is 1. The molecule has 1 aliphatic rings. The Kier molecular flexibility index (Phi) is 8.79. The van der Waals surface area contributed by atoms with Crippen LogP contribution < -0.4 is 10.3 Å². The molecule has 174 valence electrons. The van der Waals surface area contributed by atoms with Crippen LogP contribution in [0.3, 0.4) is 0 Å². The fourth-order valence-corrected chi connectivity index (χ4v) is 5.26. The highest BCUT2D eigenvalue weighted by atomic mass is 32.2. The number of sulfonamides is 1. The number of amides is 2. The van der Waals surface area contributed by atoms with E-state index in [4.69, 9.17) is 12.2 Å². The molecular formula is C23H25N3O4S3. The Morgan fingerprint density at radius 1 is 1.06 bits per heavy atom. The molecule has 0 atom stereocenters. The summed E-state index contributed by atoms with van der Waals surface area (Å²) >= 11 is 6.64. The van der Waals surface area contributed by atoms with Crippen LogP contribution in [0.5, 0.6) is 0 Å². The quantitative estimate of drug-likeness (QED) is 0.222. The number of nitrogens with zero attached hydrogens (tertiary/aromatic N) is 1. The van der Waals surface area contributed by atoms with Gasteiger partial charge in [0.1, 0.15) is 4.32 Å². The molecule has 1 fully saturated rings. The van der Waals surface area contributed by atoms with Crippen molar-refractivity contribution in [1.82, 2.24) is 15.2 Å². The average molecular weight is 504 g/mol. The number of carbonyl (C=O) groups excluding carboxylic acids is 2. The number of benzene rings is 2. The molecule has 0 aliphatic carbocycles. The molecule has 10 heteroatoms. The lowest BCUT2D eigenvalue weighted by Gasteiger charge is -2.14. The number of hydrogen-bond donors (Lipinski definition) is 2. The topological polar surface area (TPSA) is 95.6 Å². The van der Waals surface area contributed by atoms with E-state index in [9.17, 15) is 18.0 Å². The van der Waals surface area contributed by atoms with Gasteiger partial charge in [0.15, 0.2) is 0 Å². The fourth-order valence-electron chi connectivity index (χ4n) is 3.09. The second-order valence-electron chi connectivity index (χ2n) is 7.52. The van der Waals surface area contributed by atoms with Gasteiger partial charge in [0.25, 0.3) is 15.9 Å². The highest BCUT2D eigenvalue weighted by Crippen LogP contribution is 2.32. The van der Waals surface area contributed by atoms with Crippen molar-refractivity contribution in [1.29, 1.82) is 0 Å². The molecule has 1 aliphatic heterocycles. The van der Waals surface area contributed by atoms with Crippen LogP contribution in [0.1, 0.15) is 36.8 Å². The molecule has 33 heavy (non-hydrogen) atoms. The van der Waals surface area contributed by atoms with E-state index in [2.05, 4.69) is 10.3 Å². The standard InChI is InChI=1S/C23H25N3O4S3/c1-17-11-13-19(14-12-17)33(29,30)25-24-21(27)10-6-3-7-15-26-22(28)20(32-23(26)31)16-18-8-4-2-5-9-18/h2,4-5,8-9,11-14,16,25H,3,6-7,10,15H2,1H3,(H,24,27). The van der Waals surface area contributed by atoms with E-state index >= 15 is 0 Å². The van der Waals surface area contributed by atoms with Gasteiger partial charge in [-0.3, -0.25) is 19.9 Å². The minimum atomic E-state index is -3.81. The summed E-state index contributed by atoms with van der Waals surface area (Å²) in [5.41, 5.74) is 4.13. The van der Waals surface area contributed by atoms with Crippen molar-refractivity contribution in [2.24, 2.45) is 0 Å². The zero-order valence-electron chi connectivity index (χ0n) is 18.1. The largest absolute Gasteiger partial charge is 0.293 e. The Labute approximate surface area is 203 Å². The van der Waals surface area contributed by atoms with Crippen LogP contribution in [-0.2, 0) is 19.6 Å². The van der Waals surface area contributed by atoms with Crippen LogP contribution in [0.25, 0.3) is 6.08 Å². The van der Waals surface area contributed by atoms with Gasteiger partial charge in [-0.05, 0) is 43.5 Å². The molecule has 3 rings (SSSR count). The van der Waals surface area contributed by atoms with Crippen molar-refractivity contribution in [2.75, 3.05) is 6.54 Å². The van der Waals surface area contributed by atoms with Crippen LogP contribution in [0, 0.1) is 6.92 Å². The molecule has 2 N–H and O–H groups in total. The summed E-state index contributed by atoms with van der Waals surface area (Å²) in [5.74, 6) is -0.515. The van der Waals surface area contributed by atoms with Gasteiger partial charge < -0.3 is 0 Å². The number of hydrazine groups is 1. The van der Waals surface area contributed by atoms with Crippen LogP contribution in [-0.4, -0.2) is 36.0 Å². The summed E-state index contributed by atoms with van der Waals surface area (Å²) in [5, 5.41) is 0. The highest BCUT2D eigenvalue weighted by molar-refractivity contribution is 8.26. The van der Waals surface area contributed by atoms with Gasteiger partial charge in [-0.2, -0.15) is 0 Å². The molecule has 2 amide bonds. The van der Waals surface area contributed by atoms with Crippen molar-refractivity contribution >= 4 is 56.2 Å². The predicted octanol–water partition coefficient (Wildman–Crippen LogP) is 3.77. The molecule has 7 nitrogen and oxygen atoms in total. The Balaban J connectivity index is 1.37. The van der Waals surface area contributed by atoms with E-state index in [1.165, 1.54) is 23.9 Å². The SMILES string of the molecule is Cc1ccc(S(=O)(=O)NNC(=O)CCCCCN2C(=O)C(=Cc3ccccc3)SC2=S)cc1. The minimum Gasteiger partial charge on any atom is -0.293 e. The predicted molar refractivity (Wildman–Crippen MR) is 134 cm³/mol. The second kappa shape index (κ2) is 11.6. The molecule has 1 heterocycles. The molecule has 0 saturated carbocycles. The third-order valence-electron chi connectivity index (χ3n) is 4.91. The van der Waals surface area contributed by atoms with Gasteiger partial charge in [-0.15, -0.1) is 4.83 Å². The fraction of sp³-hybridized carbons (Fsp3) is 0.261. The summed E-state index contributed by atoms with van der Waals surface area (Å²) in [6.45, 7) is 2.34. The van der Waals surface area contributed by atoms with Crippen LogP contribution >= 0.6 is 24.0 Å². The summed E-state index contributed by atoms with van der Waals surface area (Å²) in [6, 6.07) is 15.9. The Bertz CT molecular complexity index is 1150. The maximum atomic E-state index is 12.6. The molecule has 0 bridgehead atoms. The van der Waals surface area contributed by atoms with Crippen molar-refractivity contribution in [3.05, 3.63) is 70.6 Å². The monoisotopic (exact) mass is 503 g/mol. The van der Waals surface area contributed by atoms with Gasteiger partial charge >= 0.3 is 0 Å². The number of nitrogens with one attached hydrogen (secondary N) is 2. The average Bonchev–Trinajstić information content (AvgIpc) is 3.05. The molecule has 0 spiro atoms. The van der Waals surface area contributed by atoms with Crippen LogP contribution in [0.15, 0.2) is 64.4 Å². The molecule has 0 radical (unpaired) electrons. The van der Waals surface area contributed by atoms with Gasteiger partial charge in [0.05, 0.1) is 9.80 Å². The summed E-state index contributed by atoms with van der Waals surface area (Å²) in [4.78, 5) is 29.0. The number of rotatable bonds is 10. The van der Waals surface area contributed by atoms with Crippen molar-refractivity contribution < 1.29 is 18.0 Å². The Morgan fingerprint density at radius 2 is 1.76 bits per heavy atom. The molecule has 1 saturated heterocycles. The van der Waals surface area contributed by atoms with E-state index in [-0.39, 0.29) is 17.2 Å². The molecule has 0 aromatic heterocycles. The normalized spacial score (nSPS) is 15.3. The maximum absolute atomic E-state index is 12.6. The summed E-state index contributed by atoms with van der Waals surface area (Å²) in [6.07, 6.45) is 3.96. The number of carbonyl (C=O) groups is 2. The lowest BCUT2D eigenvalue weighted by atomic mass is 10.2. The number of unbranched alkanes of at least 4 members (excludes halogenated alkanes) is 2. The van der Waals surface area contributed by atoms with Crippen LogP contribution in [0.2, 0.25) is 0 Å². The smallest absolute Gasteiger partial charge is 0.266 e. The van der Waals surface area contributed by atoms with Gasteiger partial charge in [0.2, 0.25) is 5.91 Å². The molecule has 2 aromatic carbocycles. The Morgan fingerprint density at radius 3 is 2.45 bits per heavy atom. The Hall–Kier alpha value is -2.53. The first-order valence-corrected chi connectivity index (χ1v) is 13.1. The molecule has 0 unspecified atom stereocenters. The zero-order chi connectivity index (χ0) is 23.8. The first-order valence-electron chi connectivity index (χ1n) is 10.4. The maximum Gasteiger partial charge on any atom is 0.266 e. The lowest BCUT2D eigenvalue weighted by Crippen LogP contribution is -2.41. The third-order valence-corrected chi connectivity index (χ3v) is 7.55. The van der Waals surface area contributed by atoms with Crippen LogP contribution in [0.4, 0.5) is 0 Å². The van der Waals surface area contributed by atoms with E-state index in [0.717, 1.165) is 11.1 Å². The third kappa shape index (κ3) is 7.23. The van der Waals surface area contributed by atoms with Gasteiger partial charge in [0, 0.05) is 13.0 Å². The first-order chi connectivity index (χ1) is 15.8. The number of thioether (sulfide) groups is 1. The van der Waals surface area contributed by atoms with Crippen molar-refractivity contribution in [2.45, 2.75) is 37.5 Å². The van der Waals surface area contributed by atoms with Crippen molar-refractivity contribution in [3.8, 4) is 0 Å². The zero-order valence-corrected chi connectivity index (χ0v) is 20.6. The first kappa shape index (κ1) is 25.1. The van der Waals surface area contributed by atoms with E-state index in [0.29, 0.717) is 35.0 Å². The lowest BCUT2D eigenvalue weighted by molar-refractivity contribution is -0.123. The van der Waals surface area contributed by atoms with Gasteiger partial charge in [-0.25, -0.2) is 8.42 Å². The second-order valence-corrected chi connectivity index (χ2v) is 10.9. The molecule has 2 aromatic rings. The van der Waals surface area contributed by atoms with Gasteiger partial charge in [-0.1, -0.05) is 78.4 Å². The molecular weight excluding hydrogens is 478 g/mol. The van der Waals surface area contributed by atoms with E-state index in [1.807, 2.05) is 43.3 Å².